The number of halogens is 2. The number of likely N-dealkylation sites (N-methyl/N-ethyl adjacent to an activating group) is 1. The van der Waals surface area contributed by atoms with E-state index in [1.165, 1.54) is 30.1 Å². The predicted molar refractivity (Wildman–Crippen MR) is 88.1 cm³/mol. The molecule has 0 bridgehead atoms. The van der Waals surface area contributed by atoms with E-state index >= 15 is 0 Å². The molecule has 0 aliphatic carbocycles. The summed E-state index contributed by atoms with van der Waals surface area (Å²) in [5.74, 6) is -2.15. The summed E-state index contributed by atoms with van der Waals surface area (Å²) in [7, 11) is 1.45. The molecule has 3 amide bonds. The molecule has 1 aliphatic heterocycles. The Morgan fingerprint density at radius 2 is 1.85 bits per heavy atom. The van der Waals surface area contributed by atoms with Crippen LogP contribution in [0.4, 0.5) is 24.1 Å². The highest BCUT2D eigenvalue weighted by Gasteiger charge is 2.42. The molecule has 1 saturated heterocycles. The van der Waals surface area contributed by atoms with Gasteiger partial charge in [0, 0.05) is 25.7 Å². The zero-order valence-electron chi connectivity index (χ0n) is 14.0. The predicted octanol–water partition coefficient (Wildman–Crippen LogP) is 3.48. The van der Waals surface area contributed by atoms with Crippen molar-refractivity contribution in [2.24, 2.45) is 0 Å². The zero-order chi connectivity index (χ0) is 19.7. The molecule has 0 saturated carbocycles. The van der Waals surface area contributed by atoms with Gasteiger partial charge in [-0.15, -0.1) is 0 Å². The summed E-state index contributed by atoms with van der Waals surface area (Å²) in [4.78, 5) is 36.9. The number of imide groups is 1. The van der Waals surface area contributed by atoms with Crippen LogP contribution in [0.5, 0.6) is 5.75 Å². The van der Waals surface area contributed by atoms with E-state index in [0.717, 1.165) is 29.2 Å². The van der Waals surface area contributed by atoms with Crippen LogP contribution in [-0.2, 0) is 0 Å². The second-order valence-electron chi connectivity index (χ2n) is 5.84. The standard InChI is InChI=1S/C17H13F2N3O5/c1-20-9-15(10-2-7-13(18)14(19)8-10)21(16(20)23)17(24)27-12-5-3-11(4-6-12)22(25)26/h2-8,15H,9H2,1H3. The van der Waals surface area contributed by atoms with Crippen molar-refractivity contribution in [3.63, 3.8) is 0 Å². The fourth-order valence-electron chi connectivity index (χ4n) is 2.70. The number of hydrogen-bond donors (Lipinski definition) is 0. The highest BCUT2D eigenvalue weighted by atomic mass is 19.2. The van der Waals surface area contributed by atoms with Crippen LogP contribution in [0.1, 0.15) is 11.6 Å². The number of nitro benzene ring substituents is 1. The van der Waals surface area contributed by atoms with Gasteiger partial charge in [-0.05, 0) is 29.8 Å². The Bertz CT molecular complexity index is 919. The molecule has 0 N–H and O–H groups in total. The third kappa shape index (κ3) is 3.54. The van der Waals surface area contributed by atoms with Crippen molar-refractivity contribution in [1.82, 2.24) is 9.80 Å². The number of nitrogens with zero attached hydrogens (tertiary/aromatic N) is 3. The van der Waals surface area contributed by atoms with Gasteiger partial charge in [0.2, 0.25) is 0 Å². The zero-order valence-corrected chi connectivity index (χ0v) is 14.0. The van der Waals surface area contributed by atoms with Gasteiger partial charge in [0.1, 0.15) is 5.75 Å². The first kappa shape index (κ1) is 18.2. The number of rotatable bonds is 3. The van der Waals surface area contributed by atoms with E-state index in [-0.39, 0.29) is 23.5 Å². The highest BCUT2D eigenvalue weighted by molar-refractivity contribution is 5.94. The number of hydrogen-bond acceptors (Lipinski definition) is 5. The Kier molecular flexibility index (Phi) is 4.72. The molecular formula is C17H13F2N3O5. The number of carbonyl (C=O) groups is 2. The summed E-state index contributed by atoms with van der Waals surface area (Å²) >= 11 is 0. The highest BCUT2D eigenvalue weighted by Crippen LogP contribution is 2.31. The number of carbonyl (C=O) groups excluding carboxylic acids is 2. The summed E-state index contributed by atoms with van der Waals surface area (Å²) in [5, 5.41) is 10.7. The molecule has 0 aromatic heterocycles. The van der Waals surface area contributed by atoms with Crippen molar-refractivity contribution < 1.29 is 28.0 Å². The molecule has 2 aromatic rings. The molecule has 2 aromatic carbocycles. The first-order valence-corrected chi connectivity index (χ1v) is 7.73. The molecule has 8 nitrogen and oxygen atoms in total. The molecule has 27 heavy (non-hydrogen) atoms. The van der Waals surface area contributed by atoms with Crippen molar-refractivity contribution in [2.45, 2.75) is 6.04 Å². The fourth-order valence-corrected chi connectivity index (χ4v) is 2.70. The van der Waals surface area contributed by atoms with E-state index in [1.54, 1.807) is 0 Å². The van der Waals surface area contributed by atoms with E-state index in [0.29, 0.717) is 0 Å². The molecule has 0 spiro atoms. The number of urea groups is 1. The van der Waals surface area contributed by atoms with Crippen molar-refractivity contribution in [3.05, 3.63) is 69.8 Å². The first-order chi connectivity index (χ1) is 12.8. The van der Waals surface area contributed by atoms with Crippen molar-refractivity contribution in [1.29, 1.82) is 0 Å². The second kappa shape index (κ2) is 6.98. The third-order valence-electron chi connectivity index (χ3n) is 4.07. The summed E-state index contributed by atoms with van der Waals surface area (Å²) < 4.78 is 31.8. The van der Waals surface area contributed by atoms with Crippen LogP contribution in [0.2, 0.25) is 0 Å². The fraction of sp³-hybridized carbons (Fsp3) is 0.176. The Balaban J connectivity index is 1.84. The first-order valence-electron chi connectivity index (χ1n) is 7.73. The molecule has 1 heterocycles. The summed E-state index contributed by atoms with van der Waals surface area (Å²) in [5.41, 5.74) is 0.0405. The minimum absolute atomic E-state index is 0.00279. The van der Waals surface area contributed by atoms with Crippen molar-refractivity contribution >= 4 is 17.8 Å². The lowest BCUT2D eigenvalue weighted by Crippen LogP contribution is -2.38. The van der Waals surface area contributed by atoms with Crippen molar-refractivity contribution in [3.8, 4) is 5.75 Å². The largest absolute Gasteiger partial charge is 0.424 e. The smallest absolute Gasteiger partial charge is 0.410 e. The summed E-state index contributed by atoms with van der Waals surface area (Å²) in [6.07, 6.45) is -1.03. The van der Waals surface area contributed by atoms with E-state index in [2.05, 4.69) is 0 Å². The van der Waals surface area contributed by atoms with Crippen LogP contribution in [-0.4, -0.2) is 40.4 Å². The molecule has 0 radical (unpaired) electrons. The van der Waals surface area contributed by atoms with Gasteiger partial charge in [0.05, 0.1) is 11.0 Å². The van der Waals surface area contributed by atoms with Gasteiger partial charge in [-0.2, -0.15) is 0 Å². The number of non-ortho nitro benzene ring substituents is 1. The van der Waals surface area contributed by atoms with Gasteiger partial charge in [-0.25, -0.2) is 23.3 Å². The molecular weight excluding hydrogens is 364 g/mol. The maximum absolute atomic E-state index is 13.5. The maximum atomic E-state index is 13.5. The molecule has 10 heteroatoms. The van der Waals surface area contributed by atoms with Gasteiger partial charge < -0.3 is 9.64 Å². The van der Waals surface area contributed by atoms with Crippen LogP contribution < -0.4 is 4.74 Å². The van der Waals surface area contributed by atoms with Gasteiger partial charge in [-0.3, -0.25) is 10.1 Å². The minimum atomic E-state index is -1.10. The van der Waals surface area contributed by atoms with Gasteiger partial charge in [0.25, 0.3) is 5.69 Å². The Hall–Kier alpha value is -3.56. The topological polar surface area (TPSA) is 93.0 Å². The van der Waals surface area contributed by atoms with Gasteiger partial charge >= 0.3 is 12.1 Å². The van der Waals surface area contributed by atoms with Crippen LogP contribution in [0, 0.1) is 21.7 Å². The molecule has 140 valence electrons. The van der Waals surface area contributed by atoms with Gasteiger partial charge in [0.15, 0.2) is 11.6 Å². The molecule has 3 rings (SSSR count). The SMILES string of the molecule is CN1CC(c2ccc(F)c(F)c2)N(C(=O)Oc2ccc([N+](=O)[O-])cc2)C1=O. The normalized spacial score (nSPS) is 16.6. The Labute approximate surface area is 151 Å². The van der Waals surface area contributed by atoms with Crippen LogP contribution in [0.25, 0.3) is 0 Å². The van der Waals surface area contributed by atoms with Crippen molar-refractivity contribution in [2.75, 3.05) is 13.6 Å². The number of ether oxygens (including phenoxy) is 1. The van der Waals surface area contributed by atoms with Crippen LogP contribution in [0.3, 0.4) is 0 Å². The molecule has 1 aliphatic rings. The lowest BCUT2D eigenvalue weighted by atomic mass is 10.1. The molecule has 1 unspecified atom stereocenters. The monoisotopic (exact) mass is 377 g/mol. The molecule has 1 fully saturated rings. The molecule has 1 atom stereocenters. The average Bonchev–Trinajstić information content (AvgIpc) is 2.93. The Morgan fingerprint density at radius 1 is 1.19 bits per heavy atom. The van der Waals surface area contributed by atoms with E-state index in [9.17, 15) is 28.5 Å². The number of nitro groups is 1. The average molecular weight is 377 g/mol. The lowest BCUT2D eigenvalue weighted by Gasteiger charge is -2.21. The number of amides is 3. The Morgan fingerprint density at radius 3 is 2.44 bits per heavy atom. The van der Waals surface area contributed by atoms with Crippen LogP contribution in [0.15, 0.2) is 42.5 Å². The quantitative estimate of drug-likeness (QED) is 0.603. The number of benzene rings is 2. The third-order valence-corrected chi connectivity index (χ3v) is 4.07. The maximum Gasteiger partial charge on any atom is 0.424 e. The summed E-state index contributed by atoms with van der Waals surface area (Å²) in [6.45, 7) is 0.0687. The minimum Gasteiger partial charge on any atom is -0.410 e. The second-order valence-corrected chi connectivity index (χ2v) is 5.84. The van der Waals surface area contributed by atoms with E-state index < -0.39 is 34.7 Å². The van der Waals surface area contributed by atoms with Gasteiger partial charge in [-0.1, -0.05) is 6.07 Å². The van der Waals surface area contributed by atoms with Crippen LogP contribution >= 0.6 is 0 Å². The summed E-state index contributed by atoms with van der Waals surface area (Å²) in [6, 6.07) is 6.29. The van der Waals surface area contributed by atoms with E-state index in [1.807, 2.05) is 0 Å². The van der Waals surface area contributed by atoms with E-state index in [4.69, 9.17) is 4.74 Å². The lowest BCUT2D eigenvalue weighted by molar-refractivity contribution is -0.384.